The maximum Gasteiger partial charge on any atom is 0.329 e. The molecule has 1 heterocycles. The van der Waals surface area contributed by atoms with Gasteiger partial charge >= 0.3 is 12.0 Å². The first-order valence-corrected chi connectivity index (χ1v) is 6.92. The van der Waals surface area contributed by atoms with E-state index in [1.165, 1.54) is 4.90 Å². The average molecular weight is 270 g/mol. The van der Waals surface area contributed by atoms with Gasteiger partial charge in [0.25, 0.3) is 0 Å². The van der Waals surface area contributed by atoms with Crippen LogP contribution in [-0.4, -0.2) is 52.1 Å². The Labute approximate surface area is 115 Å². The summed E-state index contributed by atoms with van der Waals surface area (Å²) in [6, 6.07) is -0.162. The zero-order valence-corrected chi connectivity index (χ0v) is 12.7. The standard InChI is InChI=1S/C14H26N2O3/c1-6-16(14(4,5)11(17)18)12(19)15-9-7-13(2,3)8-10-15/h6-10H2,1-5H3,(H,17,18). The SMILES string of the molecule is CCN(C(=O)N1CCC(C)(C)CC1)C(C)(C)C(=O)O. The number of carbonyl (C=O) groups is 2. The van der Waals surface area contributed by atoms with Gasteiger partial charge in [-0.3, -0.25) is 0 Å². The lowest BCUT2D eigenvalue weighted by Gasteiger charge is -2.42. The Morgan fingerprint density at radius 1 is 1.26 bits per heavy atom. The fourth-order valence-electron chi connectivity index (χ4n) is 2.36. The third-order valence-corrected chi connectivity index (χ3v) is 4.13. The van der Waals surface area contributed by atoms with Crippen molar-refractivity contribution in [2.45, 2.75) is 53.0 Å². The molecule has 2 amide bonds. The molecule has 0 aliphatic carbocycles. The lowest BCUT2D eigenvalue weighted by molar-refractivity contribution is -0.147. The van der Waals surface area contributed by atoms with Crippen LogP contribution in [0.5, 0.6) is 0 Å². The highest BCUT2D eigenvalue weighted by Crippen LogP contribution is 2.30. The topological polar surface area (TPSA) is 60.9 Å². The van der Waals surface area contributed by atoms with Gasteiger partial charge in [0.1, 0.15) is 5.54 Å². The van der Waals surface area contributed by atoms with E-state index in [9.17, 15) is 14.7 Å². The van der Waals surface area contributed by atoms with Gasteiger partial charge in [-0.1, -0.05) is 13.8 Å². The molecule has 1 aliphatic rings. The maximum atomic E-state index is 12.5. The number of rotatable bonds is 3. The van der Waals surface area contributed by atoms with Crippen molar-refractivity contribution < 1.29 is 14.7 Å². The second-order valence-electron chi connectivity index (χ2n) is 6.54. The maximum absolute atomic E-state index is 12.5. The number of carboxylic acids is 1. The molecular weight excluding hydrogens is 244 g/mol. The van der Waals surface area contributed by atoms with Crippen LogP contribution in [-0.2, 0) is 4.79 Å². The third-order valence-electron chi connectivity index (χ3n) is 4.13. The Bertz CT molecular complexity index is 354. The minimum absolute atomic E-state index is 0.162. The fraction of sp³-hybridized carbons (Fsp3) is 0.857. The lowest BCUT2D eigenvalue weighted by Crippen LogP contribution is -2.58. The van der Waals surface area contributed by atoms with Crippen LogP contribution in [0.3, 0.4) is 0 Å². The molecule has 0 bridgehead atoms. The molecule has 5 heteroatoms. The average Bonchev–Trinajstić information content (AvgIpc) is 2.28. The second kappa shape index (κ2) is 5.39. The van der Waals surface area contributed by atoms with E-state index in [0.29, 0.717) is 19.6 Å². The Morgan fingerprint density at radius 3 is 2.11 bits per heavy atom. The summed E-state index contributed by atoms with van der Waals surface area (Å²) in [6.07, 6.45) is 1.92. The van der Waals surface area contributed by atoms with Crippen LogP contribution in [0.15, 0.2) is 0 Å². The van der Waals surface area contributed by atoms with Crippen molar-refractivity contribution in [2.24, 2.45) is 5.41 Å². The van der Waals surface area contributed by atoms with Crippen LogP contribution in [0.1, 0.15) is 47.5 Å². The Balaban J connectivity index is 2.78. The highest BCUT2D eigenvalue weighted by molar-refractivity contribution is 5.85. The zero-order chi connectivity index (χ0) is 14.8. The number of urea groups is 1. The summed E-state index contributed by atoms with van der Waals surface area (Å²) in [5.41, 5.74) is -0.894. The highest BCUT2D eigenvalue weighted by atomic mass is 16.4. The first-order valence-electron chi connectivity index (χ1n) is 6.92. The molecule has 0 saturated carbocycles. The van der Waals surface area contributed by atoms with Gasteiger partial charge in [0, 0.05) is 19.6 Å². The molecule has 1 rings (SSSR count). The molecule has 19 heavy (non-hydrogen) atoms. The number of hydrogen-bond acceptors (Lipinski definition) is 2. The van der Waals surface area contributed by atoms with Crippen LogP contribution in [0.2, 0.25) is 0 Å². The number of hydrogen-bond donors (Lipinski definition) is 1. The third kappa shape index (κ3) is 3.39. The van der Waals surface area contributed by atoms with Crippen molar-refractivity contribution in [1.29, 1.82) is 0 Å². The number of aliphatic carboxylic acids is 1. The van der Waals surface area contributed by atoms with E-state index in [-0.39, 0.29) is 11.4 Å². The quantitative estimate of drug-likeness (QED) is 0.856. The zero-order valence-electron chi connectivity index (χ0n) is 12.7. The number of carbonyl (C=O) groups excluding carboxylic acids is 1. The van der Waals surface area contributed by atoms with E-state index < -0.39 is 11.5 Å². The van der Waals surface area contributed by atoms with Crippen molar-refractivity contribution in [1.82, 2.24) is 9.80 Å². The van der Waals surface area contributed by atoms with Crippen molar-refractivity contribution in [3.05, 3.63) is 0 Å². The number of likely N-dealkylation sites (N-methyl/N-ethyl adjacent to an activating group) is 1. The summed E-state index contributed by atoms with van der Waals surface area (Å²) in [7, 11) is 0. The molecule has 0 atom stereocenters. The second-order valence-corrected chi connectivity index (χ2v) is 6.54. The summed E-state index contributed by atoms with van der Waals surface area (Å²) in [5.74, 6) is -0.972. The van der Waals surface area contributed by atoms with Crippen LogP contribution in [0.25, 0.3) is 0 Å². The number of piperidine rings is 1. The van der Waals surface area contributed by atoms with Gasteiger partial charge in [-0.05, 0) is 39.0 Å². The fourth-order valence-corrected chi connectivity index (χ4v) is 2.36. The molecule has 0 spiro atoms. The molecule has 1 fully saturated rings. The van der Waals surface area contributed by atoms with Gasteiger partial charge in [0.05, 0.1) is 0 Å². The number of nitrogens with zero attached hydrogens (tertiary/aromatic N) is 2. The monoisotopic (exact) mass is 270 g/mol. The van der Waals surface area contributed by atoms with Crippen molar-refractivity contribution in [3.8, 4) is 0 Å². The van der Waals surface area contributed by atoms with E-state index in [1.807, 2.05) is 6.92 Å². The van der Waals surface area contributed by atoms with E-state index in [1.54, 1.807) is 18.7 Å². The molecular formula is C14H26N2O3. The molecule has 110 valence electrons. The van der Waals surface area contributed by atoms with Gasteiger partial charge in [-0.15, -0.1) is 0 Å². The first kappa shape index (κ1) is 15.8. The molecule has 1 N–H and O–H groups in total. The minimum Gasteiger partial charge on any atom is -0.480 e. The smallest absolute Gasteiger partial charge is 0.329 e. The summed E-state index contributed by atoms with van der Waals surface area (Å²) in [4.78, 5) is 27.0. The molecule has 5 nitrogen and oxygen atoms in total. The van der Waals surface area contributed by atoms with Crippen LogP contribution >= 0.6 is 0 Å². The Kier molecular flexibility index (Phi) is 4.48. The normalized spacial score (nSPS) is 19.1. The Hall–Kier alpha value is -1.26. The van der Waals surface area contributed by atoms with Gasteiger partial charge < -0.3 is 14.9 Å². The van der Waals surface area contributed by atoms with Gasteiger partial charge in [-0.25, -0.2) is 9.59 Å². The molecule has 1 saturated heterocycles. The van der Waals surface area contributed by atoms with E-state index >= 15 is 0 Å². The van der Waals surface area contributed by atoms with E-state index in [2.05, 4.69) is 13.8 Å². The van der Waals surface area contributed by atoms with E-state index in [4.69, 9.17) is 0 Å². The largest absolute Gasteiger partial charge is 0.480 e. The highest BCUT2D eigenvalue weighted by Gasteiger charge is 2.40. The summed E-state index contributed by atoms with van der Waals surface area (Å²) in [5, 5.41) is 9.26. The van der Waals surface area contributed by atoms with Gasteiger partial charge in [0.15, 0.2) is 0 Å². The summed E-state index contributed by atoms with van der Waals surface area (Å²) in [6.45, 7) is 11.2. The molecule has 0 aromatic rings. The van der Waals surface area contributed by atoms with Gasteiger partial charge in [0.2, 0.25) is 0 Å². The summed E-state index contributed by atoms with van der Waals surface area (Å²) < 4.78 is 0. The molecule has 0 radical (unpaired) electrons. The molecule has 0 aromatic carbocycles. The molecule has 1 aliphatic heterocycles. The summed E-state index contributed by atoms with van der Waals surface area (Å²) >= 11 is 0. The lowest BCUT2D eigenvalue weighted by atomic mass is 9.83. The first-order chi connectivity index (χ1) is 8.62. The van der Waals surface area contributed by atoms with Crippen molar-refractivity contribution >= 4 is 12.0 Å². The van der Waals surface area contributed by atoms with Crippen LogP contribution in [0, 0.1) is 5.41 Å². The molecule has 0 aromatic heterocycles. The van der Waals surface area contributed by atoms with E-state index in [0.717, 1.165) is 12.8 Å². The number of likely N-dealkylation sites (tertiary alicyclic amines) is 1. The minimum atomic E-state index is -1.17. The van der Waals surface area contributed by atoms with Crippen molar-refractivity contribution in [2.75, 3.05) is 19.6 Å². The number of amides is 2. The predicted molar refractivity (Wildman–Crippen MR) is 74.1 cm³/mol. The Morgan fingerprint density at radius 2 is 1.74 bits per heavy atom. The molecule has 0 unspecified atom stereocenters. The van der Waals surface area contributed by atoms with Gasteiger partial charge in [-0.2, -0.15) is 0 Å². The predicted octanol–water partition coefficient (Wildman–Crippen LogP) is 2.41. The number of carboxylic acid groups (broad SMARTS) is 1. The van der Waals surface area contributed by atoms with Crippen molar-refractivity contribution in [3.63, 3.8) is 0 Å². The van der Waals surface area contributed by atoms with Crippen LogP contribution in [0.4, 0.5) is 4.79 Å². The van der Waals surface area contributed by atoms with Crippen LogP contribution < -0.4 is 0 Å².